The number of rotatable bonds is 3. The molecule has 0 aliphatic carbocycles. The first-order valence-corrected chi connectivity index (χ1v) is 8.66. The second-order valence-corrected chi connectivity index (χ2v) is 7.70. The van der Waals surface area contributed by atoms with Gasteiger partial charge in [-0.15, -0.1) is 0 Å². The number of anilines is 1. The quantitative estimate of drug-likeness (QED) is 0.913. The molecule has 1 saturated heterocycles. The van der Waals surface area contributed by atoms with E-state index in [1.54, 1.807) is 6.07 Å². The van der Waals surface area contributed by atoms with Crippen LogP contribution < -0.4 is 4.72 Å². The van der Waals surface area contributed by atoms with Crippen LogP contribution in [0.3, 0.4) is 0 Å². The van der Waals surface area contributed by atoms with Gasteiger partial charge in [0.2, 0.25) is 0 Å². The van der Waals surface area contributed by atoms with E-state index in [0.29, 0.717) is 24.7 Å². The Hall–Kier alpha value is -0.590. The molecule has 0 amide bonds. The summed E-state index contributed by atoms with van der Waals surface area (Å²) in [7, 11) is -3.44. The lowest BCUT2D eigenvalue weighted by Gasteiger charge is -2.29. The van der Waals surface area contributed by atoms with Gasteiger partial charge in [-0.2, -0.15) is 12.7 Å². The highest BCUT2D eigenvalue weighted by atomic mass is 79.9. The summed E-state index contributed by atoms with van der Waals surface area (Å²) < 4.78 is 29.5. The van der Waals surface area contributed by atoms with Crippen molar-refractivity contribution < 1.29 is 8.42 Å². The molecule has 0 saturated carbocycles. The number of hydrogen-bond donors (Lipinski definition) is 1. The van der Waals surface area contributed by atoms with E-state index in [9.17, 15) is 8.42 Å². The van der Waals surface area contributed by atoms with E-state index >= 15 is 0 Å². The highest BCUT2D eigenvalue weighted by Gasteiger charge is 2.26. The van der Waals surface area contributed by atoms with Crippen molar-refractivity contribution in [3.05, 3.63) is 28.2 Å². The molecule has 0 atom stereocenters. The fourth-order valence-electron chi connectivity index (χ4n) is 2.13. The minimum absolute atomic E-state index is 0.587. The first-order valence-electron chi connectivity index (χ1n) is 6.42. The van der Waals surface area contributed by atoms with E-state index in [2.05, 4.69) is 27.6 Å². The van der Waals surface area contributed by atoms with Crippen LogP contribution in [0.1, 0.15) is 25.3 Å². The molecule has 2 rings (SSSR count). The Morgan fingerprint density at radius 2 is 1.95 bits per heavy atom. The number of hydrogen-bond acceptors (Lipinski definition) is 2. The summed E-state index contributed by atoms with van der Waals surface area (Å²) in [6.45, 7) is 5.32. The van der Waals surface area contributed by atoms with Crippen LogP contribution in [0.15, 0.2) is 22.7 Å². The molecule has 1 N–H and O–H groups in total. The van der Waals surface area contributed by atoms with Crippen LogP contribution in [0.4, 0.5) is 5.69 Å². The fourth-order valence-corrected chi connectivity index (χ4v) is 4.13. The first kappa shape index (κ1) is 14.8. The van der Waals surface area contributed by atoms with Crippen LogP contribution in [0, 0.1) is 12.8 Å². The van der Waals surface area contributed by atoms with E-state index < -0.39 is 10.2 Å². The number of nitrogens with one attached hydrogen (secondary N) is 1. The zero-order valence-corrected chi connectivity index (χ0v) is 13.6. The highest BCUT2D eigenvalue weighted by molar-refractivity contribution is 9.10. The van der Waals surface area contributed by atoms with Crippen molar-refractivity contribution >= 4 is 31.8 Å². The molecule has 1 heterocycles. The lowest BCUT2D eigenvalue weighted by atomic mass is 10.0. The van der Waals surface area contributed by atoms with Crippen molar-refractivity contribution in [1.82, 2.24) is 4.31 Å². The van der Waals surface area contributed by atoms with Crippen LogP contribution in [0.25, 0.3) is 0 Å². The predicted molar refractivity (Wildman–Crippen MR) is 81.4 cm³/mol. The second-order valence-electron chi connectivity index (χ2n) is 5.17. The number of nitrogens with zero attached hydrogens (tertiary/aromatic N) is 1. The summed E-state index contributed by atoms with van der Waals surface area (Å²) in [5, 5.41) is 0. The Balaban J connectivity index is 2.12. The Bertz CT molecular complexity index is 552. The highest BCUT2D eigenvalue weighted by Crippen LogP contribution is 2.26. The van der Waals surface area contributed by atoms with Crippen LogP contribution >= 0.6 is 15.9 Å². The van der Waals surface area contributed by atoms with Gasteiger partial charge in [0.1, 0.15) is 0 Å². The second kappa shape index (κ2) is 5.81. The standard InChI is InChI=1S/C13H19BrN2O2S/c1-10-5-7-16(8-6-10)19(17,18)15-13-4-3-11(2)9-12(13)14/h3-4,9-10,15H,5-8H2,1-2H3. The summed E-state index contributed by atoms with van der Waals surface area (Å²) >= 11 is 3.39. The van der Waals surface area contributed by atoms with E-state index in [4.69, 9.17) is 0 Å². The zero-order chi connectivity index (χ0) is 14.0. The Kier molecular flexibility index (Phi) is 4.53. The third-order valence-corrected chi connectivity index (χ3v) is 5.62. The van der Waals surface area contributed by atoms with Crippen molar-refractivity contribution in [2.45, 2.75) is 26.7 Å². The zero-order valence-electron chi connectivity index (χ0n) is 11.2. The van der Waals surface area contributed by atoms with Crippen molar-refractivity contribution in [3.63, 3.8) is 0 Å². The van der Waals surface area contributed by atoms with E-state index in [-0.39, 0.29) is 0 Å². The normalized spacial score (nSPS) is 18.5. The number of piperidine rings is 1. The molecule has 0 spiro atoms. The number of halogens is 1. The summed E-state index contributed by atoms with van der Waals surface area (Å²) in [4.78, 5) is 0. The monoisotopic (exact) mass is 346 g/mol. The average Bonchev–Trinajstić information content (AvgIpc) is 2.33. The molecule has 0 unspecified atom stereocenters. The van der Waals surface area contributed by atoms with Gasteiger partial charge in [-0.1, -0.05) is 13.0 Å². The van der Waals surface area contributed by atoms with Gasteiger partial charge < -0.3 is 0 Å². The van der Waals surface area contributed by atoms with Crippen molar-refractivity contribution in [1.29, 1.82) is 0 Å². The molecular formula is C13H19BrN2O2S. The molecule has 106 valence electrons. The minimum Gasteiger partial charge on any atom is -0.270 e. The minimum atomic E-state index is -3.44. The molecular weight excluding hydrogens is 328 g/mol. The molecule has 0 aromatic heterocycles. The average molecular weight is 347 g/mol. The number of benzene rings is 1. The van der Waals surface area contributed by atoms with Gasteiger partial charge in [0, 0.05) is 17.6 Å². The van der Waals surface area contributed by atoms with Gasteiger partial charge in [0.05, 0.1) is 5.69 Å². The molecule has 1 aromatic carbocycles. The van der Waals surface area contributed by atoms with Crippen LogP contribution in [-0.4, -0.2) is 25.8 Å². The Labute approximate surface area is 123 Å². The van der Waals surface area contributed by atoms with E-state index in [1.807, 2.05) is 19.1 Å². The van der Waals surface area contributed by atoms with Crippen molar-refractivity contribution in [2.75, 3.05) is 17.8 Å². The third kappa shape index (κ3) is 3.70. The van der Waals surface area contributed by atoms with Gasteiger partial charge >= 0.3 is 10.2 Å². The van der Waals surface area contributed by atoms with Crippen LogP contribution in [0.2, 0.25) is 0 Å². The summed E-state index contributed by atoms with van der Waals surface area (Å²) in [5.41, 5.74) is 1.67. The van der Waals surface area contributed by atoms with Crippen LogP contribution in [-0.2, 0) is 10.2 Å². The van der Waals surface area contributed by atoms with Gasteiger partial charge in [-0.3, -0.25) is 4.72 Å². The van der Waals surface area contributed by atoms with Crippen molar-refractivity contribution in [3.8, 4) is 0 Å². The molecule has 6 heteroatoms. The maximum atomic E-state index is 12.3. The molecule has 1 aromatic rings. The first-order chi connectivity index (χ1) is 8.88. The summed E-state index contributed by atoms with van der Waals surface area (Å²) in [6.07, 6.45) is 1.85. The molecule has 4 nitrogen and oxygen atoms in total. The fraction of sp³-hybridized carbons (Fsp3) is 0.538. The molecule has 19 heavy (non-hydrogen) atoms. The lowest BCUT2D eigenvalue weighted by molar-refractivity contribution is 0.289. The van der Waals surface area contributed by atoms with Crippen molar-refractivity contribution in [2.24, 2.45) is 5.92 Å². The van der Waals surface area contributed by atoms with E-state index in [1.165, 1.54) is 4.31 Å². The smallest absolute Gasteiger partial charge is 0.270 e. The molecule has 0 radical (unpaired) electrons. The van der Waals surface area contributed by atoms with E-state index in [0.717, 1.165) is 22.9 Å². The van der Waals surface area contributed by atoms with Gasteiger partial charge in [-0.05, 0) is 59.3 Å². The Morgan fingerprint density at radius 3 is 2.53 bits per heavy atom. The number of aryl methyl sites for hydroxylation is 1. The predicted octanol–water partition coefficient (Wildman–Crippen LogP) is 3.15. The third-order valence-electron chi connectivity index (χ3n) is 3.45. The maximum Gasteiger partial charge on any atom is 0.301 e. The van der Waals surface area contributed by atoms with Crippen LogP contribution in [0.5, 0.6) is 0 Å². The SMILES string of the molecule is Cc1ccc(NS(=O)(=O)N2CCC(C)CC2)c(Br)c1. The maximum absolute atomic E-state index is 12.3. The topological polar surface area (TPSA) is 49.4 Å². The molecule has 1 aliphatic rings. The lowest BCUT2D eigenvalue weighted by Crippen LogP contribution is -2.41. The van der Waals surface area contributed by atoms with Gasteiger partial charge in [-0.25, -0.2) is 0 Å². The molecule has 1 fully saturated rings. The molecule has 1 aliphatic heterocycles. The Morgan fingerprint density at radius 1 is 1.32 bits per heavy atom. The van der Waals surface area contributed by atoms with Gasteiger partial charge in [0.25, 0.3) is 0 Å². The largest absolute Gasteiger partial charge is 0.301 e. The van der Waals surface area contributed by atoms with Gasteiger partial charge in [0.15, 0.2) is 0 Å². The molecule has 0 bridgehead atoms. The summed E-state index contributed by atoms with van der Waals surface area (Å²) in [5.74, 6) is 0.609. The summed E-state index contributed by atoms with van der Waals surface area (Å²) in [6, 6.07) is 5.57.